The lowest BCUT2D eigenvalue weighted by Gasteiger charge is -2.13. The minimum atomic E-state index is -0.637. The van der Waals surface area contributed by atoms with Crippen LogP contribution in [0.2, 0.25) is 0 Å². The number of H-pyrrole nitrogens is 1. The number of rotatable bonds is 5. The number of aromatic amines is 1. The van der Waals surface area contributed by atoms with Crippen LogP contribution in [0, 0.1) is 5.82 Å². The SMILES string of the molecule is COc1ccc(-c2cc(-n3cnc4cc(-c5cn[nH]c5)ccc43)ccc2C(N)=O)c(F)c1. The molecule has 0 fully saturated rings. The molecule has 2 aromatic heterocycles. The molecule has 0 bridgehead atoms. The number of fused-ring (bicyclic) bond motifs is 1. The van der Waals surface area contributed by atoms with E-state index in [-0.39, 0.29) is 11.1 Å². The number of benzene rings is 3. The number of ether oxygens (including phenoxy) is 1. The number of imidazole rings is 1. The predicted octanol–water partition coefficient (Wildman–Crippen LogP) is 4.33. The Labute approximate surface area is 182 Å². The van der Waals surface area contributed by atoms with Crippen LogP contribution in [0.3, 0.4) is 0 Å². The molecule has 0 radical (unpaired) electrons. The second-order valence-electron chi connectivity index (χ2n) is 7.24. The van der Waals surface area contributed by atoms with Crippen LogP contribution in [0.15, 0.2) is 73.3 Å². The van der Waals surface area contributed by atoms with Gasteiger partial charge in [-0.2, -0.15) is 5.10 Å². The Kier molecular flexibility index (Phi) is 4.67. The third-order valence-corrected chi connectivity index (χ3v) is 5.39. The molecular weight excluding hydrogens is 409 g/mol. The Morgan fingerprint density at radius 3 is 2.66 bits per heavy atom. The van der Waals surface area contributed by atoms with Gasteiger partial charge in [0.25, 0.3) is 0 Å². The summed E-state index contributed by atoms with van der Waals surface area (Å²) in [6.07, 6.45) is 5.25. The molecule has 0 unspecified atom stereocenters. The maximum atomic E-state index is 14.8. The minimum Gasteiger partial charge on any atom is -0.497 e. The normalized spacial score (nSPS) is 11.1. The molecule has 5 aromatic rings. The van der Waals surface area contributed by atoms with Gasteiger partial charge in [0.1, 0.15) is 17.9 Å². The first-order chi connectivity index (χ1) is 15.5. The lowest BCUT2D eigenvalue weighted by Crippen LogP contribution is -2.13. The highest BCUT2D eigenvalue weighted by Gasteiger charge is 2.17. The number of nitrogens with zero attached hydrogens (tertiary/aromatic N) is 3. The smallest absolute Gasteiger partial charge is 0.249 e. The third-order valence-electron chi connectivity index (χ3n) is 5.39. The van der Waals surface area contributed by atoms with Crippen LogP contribution in [-0.2, 0) is 0 Å². The molecule has 7 nitrogen and oxygen atoms in total. The molecule has 0 atom stereocenters. The zero-order valence-corrected chi connectivity index (χ0v) is 17.0. The predicted molar refractivity (Wildman–Crippen MR) is 119 cm³/mol. The van der Waals surface area contributed by atoms with Gasteiger partial charge in [-0.05, 0) is 53.6 Å². The number of nitrogens with one attached hydrogen (secondary N) is 1. The number of hydrogen-bond acceptors (Lipinski definition) is 4. The molecule has 32 heavy (non-hydrogen) atoms. The maximum Gasteiger partial charge on any atom is 0.249 e. The number of halogens is 1. The number of methoxy groups -OCH3 is 1. The number of nitrogens with two attached hydrogens (primary N) is 1. The van der Waals surface area contributed by atoms with Crippen molar-refractivity contribution in [3.05, 3.63) is 84.7 Å². The molecule has 3 aromatic carbocycles. The van der Waals surface area contributed by atoms with Crippen molar-refractivity contribution in [3.63, 3.8) is 0 Å². The Hall–Kier alpha value is -4.46. The zero-order valence-electron chi connectivity index (χ0n) is 17.0. The summed E-state index contributed by atoms with van der Waals surface area (Å²) in [6.45, 7) is 0. The van der Waals surface area contributed by atoms with Crippen molar-refractivity contribution in [2.45, 2.75) is 0 Å². The Morgan fingerprint density at radius 1 is 1.06 bits per heavy atom. The van der Waals surface area contributed by atoms with Crippen LogP contribution in [0.1, 0.15) is 10.4 Å². The molecule has 0 spiro atoms. The van der Waals surface area contributed by atoms with Crippen molar-refractivity contribution in [1.29, 1.82) is 0 Å². The van der Waals surface area contributed by atoms with E-state index in [2.05, 4.69) is 15.2 Å². The number of primary amides is 1. The molecule has 5 rings (SSSR count). The van der Waals surface area contributed by atoms with Gasteiger partial charge in [-0.3, -0.25) is 14.5 Å². The average Bonchev–Trinajstić information content (AvgIpc) is 3.48. The fraction of sp³-hybridized carbons (Fsp3) is 0.0417. The highest BCUT2D eigenvalue weighted by atomic mass is 19.1. The van der Waals surface area contributed by atoms with Gasteiger partial charge in [0.15, 0.2) is 0 Å². The summed E-state index contributed by atoms with van der Waals surface area (Å²) in [5.41, 5.74) is 10.8. The molecule has 0 saturated heterocycles. The van der Waals surface area contributed by atoms with Crippen LogP contribution >= 0.6 is 0 Å². The monoisotopic (exact) mass is 427 g/mol. The number of aromatic nitrogens is 4. The maximum absolute atomic E-state index is 14.8. The summed E-state index contributed by atoms with van der Waals surface area (Å²) in [4.78, 5) is 16.6. The fourth-order valence-electron chi connectivity index (χ4n) is 3.77. The average molecular weight is 427 g/mol. The largest absolute Gasteiger partial charge is 0.497 e. The second kappa shape index (κ2) is 7.66. The highest BCUT2D eigenvalue weighted by Crippen LogP contribution is 2.32. The van der Waals surface area contributed by atoms with Crippen LogP contribution < -0.4 is 10.5 Å². The van der Waals surface area contributed by atoms with E-state index < -0.39 is 11.7 Å². The summed E-state index contributed by atoms with van der Waals surface area (Å²) >= 11 is 0. The van der Waals surface area contributed by atoms with Crippen molar-refractivity contribution >= 4 is 16.9 Å². The lowest BCUT2D eigenvalue weighted by atomic mass is 9.97. The quantitative estimate of drug-likeness (QED) is 0.436. The molecule has 0 aliphatic heterocycles. The van der Waals surface area contributed by atoms with Crippen LogP contribution in [0.4, 0.5) is 4.39 Å². The Morgan fingerprint density at radius 2 is 1.94 bits per heavy atom. The van der Waals surface area contributed by atoms with Gasteiger partial charge < -0.3 is 10.5 Å². The standard InChI is InChI=1S/C24H18FN5O2/c1-32-17-4-6-18(21(25)10-17)20-9-16(3-5-19(20)24(26)31)30-13-27-22-8-14(2-7-23(22)30)15-11-28-29-12-15/h2-13H,1H3,(H2,26,31)(H,28,29). The van der Waals surface area contributed by atoms with Gasteiger partial charge in [0.2, 0.25) is 5.91 Å². The van der Waals surface area contributed by atoms with E-state index in [0.717, 1.165) is 27.8 Å². The summed E-state index contributed by atoms with van der Waals surface area (Å²) in [5, 5.41) is 6.79. The van der Waals surface area contributed by atoms with E-state index >= 15 is 0 Å². The van der Waals surface area contributed by atoms with E-state index in [0.29, 0.717) is 11.3 Å². The molecule has 158 valence electrons. The zero-order chi connectivity index (χ0) is 22.2. The van der Waals surface area contributed by atoms with E-state index in [9.17, 15) is 9.18 Å². The highest BCUT2D eigenvalue weighted by molar-refractivity contribution is 6.00. The van der Waals surface area contributed by atoms with E-state index in [1.54, 1.807) is 42.9 Å². The molecule has 1 amide bonds. The lowest BCUT2D eigenvalue weighted by molar-refractivity contribution is 0.100. The third kappa shape index (κ3) is 3.27. The van der Waals surface area contributed by atoms with Gasteiger partial charge in [-0.1, -0.05) is 6.07 Å². The number of carbonyl (C=O) groups excluding carboxylic acids is 1. The van der Waals surface area contributed by atoms with Crippen molar-refractivity contribution < 1.29 is 13.9 Å². The molecular formula is C24H18FN5O2. The molecule has 0 aliphatic rings. The van der Waals surface area contributed by atoms with Crippen LogP contribution in [0.25, 0.3) is 39.0 Å². The number of hydrogen-bond donors (Lipinski definition) is 2. The molecule has 0 aliphatic carbocycles. The number of carbonyl (C=O) groups is 1. The van der Waals surface area contributed by atoms with Crippen LogP contribution in [0.5, 0.6) is 5.75 Å². The van der Waals surface area contributed by atoms with Gasteiger partial charge in [-0.15, -0.1) is 0 Å². The van der Waals surface area contributed by atoms with Crippen molar-refractivity contribution in [3.8, 4) is 33.7 Å². The summed E-state index contributed by atoms with van der Waals surface area (Å²) < 4.78 is 21.8. The van der Waals surface area contributed by atoms with Gasteiger partial charge in [-0.25, -0.2) is 9.37 Å². The number of amides is 1. The molecule has 2 heterocycles. The van der Waals surface area contributed by atoms with E-state index in [1.807, 2.05) is 29.0 Å². The summed E-state index contributed by atoms with van der Waals surface area (Å²) in [6, 6.07) is 15.5. The van der Waals surface area contributed by atoms with E-state index in [1.165, 1.54) is 13.2 Å². The molecule has 8 heteroatoms. The second-order valence-corrected chi connectivity index (χ2v) is 7.24. The van der Waals surface area contributed by atoms with Crippen LogP contribution in [-0.4, -0.2) is 32.8 Å². The minimum absolute atomic E-state index is 0.226. The van der Waals surface area contributed by atoms with E-state index in [4.69, 9.17) is 10.5 Å². The summed E-state index contributed by atoms with van der Waals surface area (Å²) in [7, 11) is 1.46. The van der Waals surface area contributed by atoms with Crippen molar-refractivity contribution in [2.24, 2.45) is 5.73 Å². The Balaban J connectivity index is 1.64. The first-order valence-electron chi connectivity index (χ1n) is 9.79. The van der Waals surface area contributed by atoms with Gasteiger partial charge >= 0.3 is 0 Å². The van der Waals surface area contributed by atoms with Gasteiger partial charge in [0.05, 0.1) is 24.3 Å². The molecule has 3 N–H and O–H groups in total. The fourth-order valence-corrected chi connectivity index (χ4v) is 3.77. The first kappa shape index (κ1) is 19.5. The topological polar surface area (TPSA) is 98.8 Å². The molecule has 0 saturated carbocycles. The van der Waals surface area contributed by atoms with Crippen molar-refractivity contribution in [2.75, 3.05) is 7.11 Å². The first-order valence-corrected chi connectivity index (χ1v) is 9.79. The van der Waals surface area contributed by atoms with Crippen molar-refractivity contribution in [1.82, 2.24) is 19.7 Å². The Bertz CT molecular complexity index is 1460. The summed E-state index contributed by atoms with van der Waals surface area (Å²) in [5.74, 6) is -0.761. The van der Waals surface area contributed by atoms with Gasteiger partial charge in [0, 0.05) is 34.6 Å².